The van der Waals surface area contributed by atoms with Crippen molar-refractivity contribution < 1.29 is 19.0 Å². The molecule has 1 aromatic rings. The van der Waals surface area contributed by atoms with E-state index in [0.717, 1.165) is 5.56 Å². The second kappa shape index (κ2) is 2.73. The molecule has 0 saturated carbocycles. The van der Waals surface area contributed by atoms with Gasteiger partial charge in [0.15, 0.2) is 6.10 Å². The molecular weight excluding hydrogens is 175 g/mol. The maximum Gasteiger partial charge on any atom is 0.345 e. The highest BCUT2D eigenvalue weighted by molar-refractivity contribution is 5.74. The van der Waals surface area contributed by atoms with Crippen LogP contribution >= 0.6 is 0 Å². The molecule has 2 rings (SSSR count). The lowest BCUT2D eigenvalue weighted by Crippen LogP contribution is -2.24. The molecule has 68 valence electrons. The van der Waals surface area contributed by atoms with Gasteiger partial charge in [0.1, 0.15) is 11.6 Å². The lowest BCUT2D eigenvalue weighted by atomic mass is 10.1. The third-order valence-corrected chi connectivity index (χ3v) is 1.98. The van der Waals surface area contributed by atoms with Crippen molar-refractivity contribution in [1.29, 1.82) is 0 Å². The van der Waals surface area contributed by atoms with E-state index in [1.54, 1.807) is 6.07 Å². The molecule has 0 amide bonds. The van der Waals surface area contributed by atoms with Crippen LogP contribution in [0.3, 0.4) is 0 Å². The van der Waals surface area contributed by atoms with E-state index in [1.165, 1.54) is 12.1 Å². The number of aliphatic carboxylic acids is 1. The molecular formula is C9H7FO3. The van der Waals surface area contributed by atoms with Crippen LogP contribution in [0.1, 0.15) is 5.56 Å². The molecule has 0 radical (unpaired) electrons. The van der Waals surface area contributed by atoms with Gasteiger partial charge in [-0.05, 0) is 11.6 Å². The van der Waals surface area contributed by atoms with Gasteiger partial charge >= 0.3 is 5.97 Å². The maximum atomic E-state index is 12.7. The van der Waals surface area contributed by atoms with Crippen molar-refractivity contribution in [3.63, 3.8) is 0 Å². The van der Waals surface area contributed by atoms with E-state index >= 15 is 0 Å². The average molecular weight is 182 g/mol. The molecule has 0 spiro atoms. The summed E-state index contributed by atoms with van der Waals surface area (Å²) in [7, 11) is 0. The Hall–Kier alpha value is -1.58. The Morgan fingerprint density at radius 3 is 3.08 bits per heavy atom. The molecule has 0 aliphatic carbocycles. The van der Waals surface area contributed by atoms with E-state index in [0.29, 0.717) is 12.2 Å². The predicted molar refractivity (Wildman–Crippen MR) is 42.2 cm³/mol. The molecule has 0 bridgehead atoms. The molecule has 0 aromatic heterocycles. The van der Waals surface area contributed by atoms with Gasteiger partial charge in [-0.15, -0.1) is 0 Å². The molecule has 1 atom stereocenters. The molecule has 1 heterocycles. The quantitative estimate of drug-likeness (QED) is 0.710. The monoisotopic (exact) mass is 182 g/mol. The molecule has 0 saturated heterocycles. The number of hydrogen-bond donors (Lipinski definition) is 1. The number of hydrogen-bond acceptors (Lipinski definition) is 2. The summed E-state index contributed by atoms with van der Waals surface area (Å²) < 4.78 is 17.7. The van der Waals surface area contributed by atoms with Crippen LogP contribution in [0.4, 0.5) is 4.39 Å². The Bertz CT molecular complexity index is 362. The Morgan fingerprint density at radius 2 is 2.38 bits per heavy atom. The van der Waals surface area contributed by atoms with E-state index in [1.807, 2.05) is 0 Å². The molecule has 1 aliphatic heterocycles. The largest absolute Gasteiger partial charge is 0.478 e. The minimum absolute atomic E-state index is 0.310. The minimum atomic E-state index is -1.02. The number of benzene rings is 1. The number of rotatable bonds is 1. The van der Waals surface area contributed by atoms with Gasteiger partial charge in [-0.1, -0.05) is 6.07 Å². The lowest BCUT2D eigenvalue weighted by Gasteiger charge is -2.03. The smallest absolute Gasteiger partial charge is 0.345 e. The summed E-state index contributed by atoms with van der Waals surface area (Å²) >= 11 is 0. The molecule has 4 heteroatoms. The number of halogens is 1. The van der Waals surface area contributed by atoms with Crippen molar-refractivity contribution in [3.8, 4) is 5.75 Å². The zero-order chi connectivity index (χ0) is 9.42. The first kappa shape index (κ1) is 8.04. The predicted octanol–water partition coefficient (Wildman–Crippen LogP) is 1.21. The van der Waals surface area contributed by atoms with Gasteiger partial charge in [0.05, 0.1) is 0 Å². The number of carboxylic acid groups (broad SMARTS) is 1. The van der Waals surface area contributed by atoms with Crippen molar-refractivity contribution in [1.82, 2.24) is 0 Å². The van der Waals surface area contributed by atoms with Gasteiger partial charge in [0.25, 0.3) is 0 Å². The van der Waals surface area contributed by atoms with Crippen LogP contribution in [-0.2, 0) is 11.2 Å². The third kappa shape index (κ3) is 1.35. The topological polar surface area (TPSA) is 46.5 Å². The van der Waals surface area contributed by atoms with Gasteiger partial charge in [-0.3, -0.25) is 0 Å². The fraction of sp³-hybridized carbons (Fsp3) is 0.222. The fourth-order valence-corrected chi connectivity index (χ4v) is 1.34. The summed E-state index contributed by atoms with van der Waals surface area (Å²) in [4.78, 5) is 10.5. The first-order chi connectivity index (χ1) is 6.16. The molecule has 1 aromatic carbocycles. The molecule has 0 fully saturated rings. The van der Waals surface area contributed by atoms with Crippen LogP contribution in [-0.4, -0.2) is 17.2 Å². The van der Waals surface area contributed by atoms with E-state index < -0.39 is 17.9 Å². The van der Waals surface area contributed by atoms with Crippen LogP contribution in [0.15, 0.2) is 18.2 Å². The Kier molecular flexibility index (Phi) is 1.69. The SMILES string of the molecule is O=C(O)[C@H]1Cc2ccc(F)cc2O1. The normalized spacial score (nSPS) is 19.3. The summed E-state index contributed by atoms with van der Waals surface area (Å²) in [5.74, 6) is -1.09. The molecule has 1 aliphatic rings. The average Bonchev–Trinajstić information content (AvgIpc) is 2.46. The Labute approximate surface area is 73.8 Å². The molecule has 3 nitrogen and oxygen atoms in total. The lowest BCUT2D eigenvalue weighted by molar-refractivity contribution is -0.144. The number of carboxylic acids is 1. The third-order valence-electron chi connectivity index (χ3n) is 1.98. The zero-order valence-electron chi connectivity index (χ0n) is 6.66. The van der Waals surface area contributed by atoms with Crippen LogP contribution in [0, 0.1) is 5.82 Å². The summed E-state index contributed by atoms with van der Waals surface area (Å²) in [5, 5.41) is 8.64. The first-order valence-electron chi connectivity index (χ1n) is 3.85. The second-order valence-corrected chi connectivity index (χ2v) is 2.90. The van der Waals surface area contributed by atoms with Crippen molar-refractivity contribution in [2.75, 3.05) is 0 Å². The van der Waals surface area contributed by atoms with E-state index in [-0.39, 0.29) is 0 Å². The zero-order valence-corrected chi connectivity index (χ0v) is 6.66. The van der Waals surface area contributed by atoms with Crippen LogP contribution < -0.4 is 4.74 Å². The van der Waals surface area contributed by atoms with Gasteiger partial charge in [-0.2, -0.15) is 0 Å². The molecule has 1 N–H and O–H groups in total. The van der Waals surface area contributed by atoms with E-state index in [2.05, 4.69) is 0 Å². The highest BCUT2D eigenvalue weighted by atomic mass is 19.1. The first-order valence-corrected chi connectivity index (χ1v) is 3.85. The highest BCUT2D eigenvalue weighted by Crippen LogP contribution is 2.29. The van der Waals surface area contributed by atoms with Gasteiger partial charge < -0.3 is 9.84 Å². The number of fused-ring (bicyclic) bond motifs is 1. The van der Waals surface area contributed by atoms with Crippen LogP contribution in [0.2, 0.25) is 0 Å². The number of carbonyl (C=O) groups is 1. The van der Waals surface area contributed by atoms with Crippen LogP contribution in [0.5, 0.6) is 5.75 Å². The fourth-order valence-electron chi connectivity index (χ4n) is 1.34. The van der Waals surface area contributed by atoms with Crippen LogP contribution in [0.25, 0.3) is 0 Å². The molecule has 13 heavy (non-hydrogen) atoms. The summed E-state index contributed by atoms with van der Waals surface area (Å²) in [6.45, 7) is 0. The summed E-state index contributed by atoms with van der Waals surface area (Å²) in [5.41, 5.74) is 0.744. The van der Waals surface area contributed by atoms with Gasteiger partial charge in [-0.25, -0.2) is 9.18 Å². The van der Waals surface area contributed by atoms with Crippen molar-refractivity contribution >= 4 is 5.97 Å². The highest BCUT2D eigenvalue weighted by Gasteiger charge is 2.28. The summed E-state index contributed by atoms with van der Waals surface area (Å²) in [6.07, 6.45) is -0.554. The van der Waals surface area contributed by atoms with Gasteiger partial charge in [0, 0.05) is 12.5 Å². The van der Waals surface area contributed by atoms with Crippen molar-refractivity contribution in [2.24, 2.45) is 0 Å². The second-order valence-electron chi connectivity index (χ2n) is 2.90. The maximum absolute atomic E-state index is 12.7. The van der Waals surface area contributed by atoms with E-state index in [9.17, 15) is 9.18 Å². The standard InChI is InChI=1S/C9H7FO3/c10-6-2-1-5-3-8(9(11)12)13-7(5)4-6/h1-2,4,8H,3H2,(H,11,12)/t8-/m1/s1. The minimum Gasteiger partial charge on any atom is -0.478 e. The summed E-state index contributed by atoms with van der Waals surface area (Å²) in [6, 6.07) is 4.05. The van der Waals surface area contributed by atoms with Gasteiger partial charge in [0.2, 0.25) is 0 Å². The Balaban J connectivity index is 2.30. The number of ether oxygens (including phenoxy) is 1. The van der Waals surface area contributed by atoms with E-state index in [4.69, 9.17) is 9.84 Å². The Morgan fingerprint density at radius 1 is 1.62 bits per heavy atom. The molecule has 0 unspecified atom stereocenters. The van der Waals surface area contributed by atoms with Crippen molar-refractivity contribution in [2.45, 2.75) is 12.5 Å². The van der Waals surface area contributed by atoms with Crippen molar-refractivity contribution in [3.05, 3.63) is 29.6 Å².